The number of benzene rings is 2. The number of aromatic nitrogens is 1. The van der Waals surface area contributed by atoms with Crippen molar-refractivity contribution in [1.29, 1.82) is 0 Å². The van der Waals surface area contributed by atoms with Gasteiger partial charge in [-0.1, -0.05) is 42.2 Å². The average molecular weight is 549 g/mol. The van der Waals surface area contributed by atoms with Crippen LogP contribution in [0.2, 0.25) is 0 Å². The maximum Gasteiger partial charge on any atom is 0.338 e. The molecule has 4 rings (SSSR count). The number of fused-ring (bicyclic) bond motifs is 1. The van der Waals surface area contributed by atoms with Gasteiger partial charge < -0.3 is 18.9 Å². The van der Waals surface area contributed by atoms with Crippen molar-refractivity contribution < 1.29 is 28.5 Å². The van der Waals surface area contributed by atoms with E-state index in [0.29, 0.717) is 33.0 Å². The molecule has 0 radical (unpaired) electrons. The van der Waals surface area contributed by atoms with Crippen molar-refractivity contribution in [3.05, 3.63) is 97.2 Å². The van der Waals surface area contributed by atoms with E-state index < -0.39 is 18.0 Å². The Labute approximate surface area is 228 Å². The molecule has 0 saturated carbocycles. The molecular weight excluding hydrogens is 520 g/mol. The second kappa shape index (κ2) is 12.0. The number of hydrogen-bond acceptors (Lipinski definition) is 9. The molecule has 0 aliphatic carbocycles. The van der Waals surface area contributed by atoms with E-state index in [1.165, 1.54) is 29.9 Å². The van der Waals surface area contributed by atoms with Crippen molar-refractivity contribution in [3.63, 3.8) is 0 Å². The number of methoxy groups -OCH3 is 1. The number of esters is 2. The summed E-state index contributed by atoms with van der Waals surface area (Å²) in [4.78, 5) is 43.4. The van der Waals surface area contributed by atoms with E-state index in [1.807, 2.05) is 24.3 Å². The fourth-order valence-corrected chi connectivity index (χ4v) is 5.21. The van der Waals surface area contributed by atoms with Gasteiger partial charge in [0.15, 0.2) is 16.3 Å². The van der Waals surface area contributed by atoms with Gasteiger partial charge in [0.25, 0.3) is 5.56 Å². The molecule has 202 valence electrons. The summed E-state index contributed by atoms with van der Waals surface area (Å²) in [6.45, 7) is 8.91. The monoisotopic (exact) mass is 548 g/mol. The molecule has 1 atom stereocenters. The molecule has 0 N–H and O–H groups in total. The SMILES string of the molecule is C=CCOc1ccc(/C=c2/sc3n(c2=O)[C@@H](c2ccc(OC(C)=O)c(OC)c2)C(C(=O)OCC)=C(C)N=3)cc1. The lowest BCUT2D eigenvalue weighted by atomic mass is 9.95. The summed E-state index contributed by atoms with van der Waals surface area (Å²) in [5.41, 5.74) is 1.74. The van der Waals surface area contributed by atoms with Crippen LogP contribution in [-0.4, -0.2) is 36.8 Å². The number of thiazole rings is 1. The van der Waals surface area contributed by atoms with Crippen molar-refractivity contribution in [2.75, 3.05) is 20.3 Å². The van der Waals surface area contributed by atoms with Gasteiger partial charge in [-0.2, -0.15) is 0 Å². The molecule has 0 fully saturated rings. The third-order valence-corrected chi connectivity index (χ3v) is 6.80. The number of hydrogen-bond donors (Lipinski definition) is 0. The molecule has 9 nitrogen and oxygen atoms in total. The van der Waals surface area contributed by atoms with Crippen LogP contribution in [-0.2, 0) is 14.3 Å². The molecule has 0 saturated heterocycles. The zero-order valence-electron chi connectivity index (χ0n) is 22.1. The first-order valence-corrected chi connectivity index (χ1v) is 13.0. The van der Waals surface area contributed by atoms with E-state index in [0.717, 1.165) is 5.56 Å². The average Bonchev–Trinajstić information content (AvgIpc) is 3.21. The first-order valence-electron chi connectivity index (χ1n) is 12.2. The summed E-state index contributed by atoms with van der Waals surface area (Å²) in [5.74, 6) is 0.115. The van der Waals surface area contributed by atoms with Crippen molar-refractivity contribution in [2.24, 2.45) is 4.99 Å². The van der Waals surface area contributed by atoms with Gasteiger partial charge >= 0.3 is 11.9 Å². The number of carbonyl (C=O) groups is 2. The van der Waals surface area contributed by atoms with E-state index in [2.05, 4.69) is 11.6 Å². The van der Waals surface area contributed by atoms with Crippen LogP contribution in [0.3, 0.4) is 0 Å². The number of rotatable bonds is 9. The lowest BCUT2D eigenvalue weighted by Crippen LogP contribution is -2.40. The first kappa shape index (κ1) is 27.6. The third-order valence-electron chi connectivity index (χ3n) is 5.82. The minimum Gasteiger partial charge on any atom is -0.493 e. The molecule has 39 heavy (non-hydrogen) atoms. The topological polar surface area (TPSA) is 105 Å². The molecule has 1 aliphatic rings. The van der Waals surface area contributed by atoms with Gasteiger partial charge in [0.2, 0.25) is 0 Å². The maximum atomic E-state index is 13.8. The van der Waals surface area contributed by atoms with Crippen molar-refractivity contribution >= 4 is 29.4 Å². The Morgan fingerprint density at radius 1 is 1.15 bits per heavy atom. The summed E-state index contributed by atoms with van der Waals surface area (Å²) in [5, 5.41) is 0. The van der Waals surface area contributed by atoms with E-state index in [9.17, 15) is 14.4 Å². The Bertz CT molecular complexity index is 1630. The number of allylic oxidation sites excluding steroid dienone is 1. The van der Waals surface area contributed by atoms with Crippen molar-refractivity contribution in [2.45, 2.75) is 26.8 Å². The van der Waals surface area contributed by atoms with Crippen LogP contribution in [0.1, 0.15) is 37.9 Å². The lowest BCUT2D eigenvalue weighted by Gasteiger charge is -2.25. The summed E-state index contributed by atoms with van der Waals surface area (Å²) in [6.07, 6.45) is 3.43. The van der Waals surface area contributed by atoms with Crippen molar-refractivity contribution in [3.8, 4) is 17.2 Å². The molecule has 1 aliphatic heterocycles. The lowest BCUT2D eigenvalue weighted by molar-refractivity contribution is -0.139. The Balaban J connectivity index is 1.87. The molecule has 10 heteroatoms. The fourth-order valence-electron chi connectivity index (χ4n) is 4.17. The highest BCUT2D eigenvalue weighted by molar-refractivity contribution is 7.07. The zero-order chi connectivity index (χ0) is 28.1. The van der Waals surface area contributed by atoms with Crippen LogP contribution in [0.15, 0.2) is 76.2 Å². The summed E-state index contributed by atoms with van der Waals surface area (Å²) in [6, 6.07) is 11.4. The molecule has 0 amide bonds. The molecule has 2 heterocycles. The molecule has 0 bridgehead atoms. The minimum absolute atomic E-state index is 0.161. The van der Waals surface area contributed by atoms with Crippen LogP contribution >= 0.6 is 11.3 Å². The molecule has 0 unspecified atom stereocenters. The second-order valence-corrected chi connectivity index (χ2v) is 9.48. The van der Waals surface area contributed by atoms with Gasteiger partial charge in [-0.05, 0) is 55.3 Å². The third kappa shape index (κ3) is 5.85. The Morgan fingerprint density at radius 2 is 1.90 bits per heavy atom. The van der Waals surface area contributed by atoms with E-state index in [1.54, 1.807) is 44.2 Å². The highest BCUT2D eigenvalue weighted by Crippen LogP contribution is 2.36. The number of carbonyl (C=O) groups excluding carboxylic acids is 2. The molecule has 2 aromatic carbocycles. The molecular formula is C29H28N2O7S. The highest BCUT2D eigenvalue weighted by atomic mass is 32.1. The van der Waals surface area contributed by atoms with Crippen LogP contribution < -0.4 is 29.1 Å². The predicted octanol–water partition coefficient (Wildman–Crippen LogP) is 3.30. The molecule has 0 spiro atoms. The van der Waals surface area contributed by atoms with Gasteiger partial charge in [-0.3, -0.25) is 14.2 Å². The van der Waals surface area contributed by atoms with Crippen molar-refractivity contribution in [1.82, 2.24) is 4.57 Å². The Hall–Kier alpha value is -4.44. The Kier molecular flexibility index (Phi) is 8.46. The van der Waals surface area contributed by atoms with E-state index >= 15 is 0 Å². The van der Waals surface area contributed by atoms with E-state index in [4.69, 9.17) is 18.9 Å². The number of ether oxygens (including phenoxy) is 4. The first-order chi connectivity index (χ1) is 18.8. The standard InChI is InChI=1S/C29H28N2O7S/c1-6-14-37-21-11-8-19(9-12-21)15-24-27(33)31-26(20-10-13-22(38-18(4)32)23(16-20)35-5)25(28(34)36-7-2)17(3)30-29(31)39-24/h6,8-13,15-16,26H,1,7,14H2,2-5H3/b24-15+/t26-/m0/s1. The van der Waals surface area contributed by atoms with Crippen LogP contribution in [0, 0.1) is 0 Å². The largest absolute Gasteiger partial charge is 0.493 e. The summed E-state index contributed by atoms with van der Waals surface area (Å²) < 4.78 is 23.5. The van der Waals surface area contributed by atoms with Gasteiger partial charge in [0.1, 0.15) is 12.4 Å². The zero-order valence-corrected chi connectivity index (χ0v) is 22.9. The minimum atomic E-state index is -0.836. The highest BCUT2D eigenvalue weighted by Gasteiger charge is 2.34. The van der Waals surface area contributed by atoms with Crippen LogP contribution in [0.4, 0.5) is 0 Å². The van der Waals surface area contributed by atoms with Gasteiger partial charge in [-0.15, -0.1) is 0 Å². The number of nitrogens with zero attached hydrogens (tertiary/aromatic N) is 2. The van der Waals surface area contributed by atoms with E-state index in [-0.39, 0.29) is 29.2 Å². The normalized spacial score (nSPS) is 14.8. The fraction of sp³-hybridized carbons (Fsp3) is 0.241. The molecule has 1 aromatic heterocycles. The van der Waals surface area contributed by atoms with Crippen LogP contribution in [0.25, 0.3) is 6.08 Å². The summed E-state index contributed by atoms with van der Waals surface area (Å²) >= 11 is 1.22. The van der Waals surface area contributed by atoms with Gasteiger partial charge in [0, 0.05) is 6.92 Å². The quantitative estimate of drug-likeness (QED) is 0.230. The van der Waals surface area contributed by atoms with Gasteiger partial charge in [-0.25, -0.2) is 9.79 Å². The van der Waals surface area contributed by atoms with Gasteiger partial charge in [0.05, 0.1) is 35.6 Å². The predicted molar refractivity (Wildman–Crippen MR) is 147 cm³/mol. The second-order valence-electron chi connectivity index (χ2n) is 8.47. The van der Waals surface area contributed by atoms with Crippen LogP contribution in [0.5, 0.6) is 17.2 Å². The summed E-state index contributed by atoms with van der Waals surface area (Å²) in [7, 11) is 1.44. The Morgan fingerprint density at radius 3 is 2.54 bits per heavy atom. The maximum absolute atomic E-state index is 13.8. The molecule has 3 aromatic rings. The smallest absolute Gasteiger partial charge is 0.338 e.